The van der Waals surface area contributed by atoms with E-state index in [1.54, 1.807) is 0 Å². The summed E-state index contributed by atoms with van der Waals surface area (Å²) in [5.74, 6) is -0.136. The maximum atomic E-state index is 12.5. The van der Waals surface area contributed by atoms with Gasteiger partial charge in [0.2, 0.25) is 15.9 Å². The second-order valence-corrected chi connectivity index (χ2v) is 8.20. The summed E-state index contributed by atoms with van der Waals surface area (Å²) in [6.45, 7) is 4.29. The first-order chi connectivity index (χ1) is 11.4. The van der Waals surface area contributed by atoms with E-state index in [2.05, 4.69) is 5.32 Å². The summed E-state index contributed by atoms with van der Waals surface area (Å²) in [4.78, 5) is 11.9. The fourth-order valence-electron chi connectivity index (χ4n) is 2.04. The van der Waals surface area contributed by atoms with E-state index in [0.29, 0.717) is 18.9 Å². The summed E-state index contributed by atoms with van der Waals surface area (Å²) >= 11 is 0. The molecule has 0 atom stereocenters. The van der Waals surface area contributed by atoms with Crippen LogP contribution in [-0.4, -0.2) is 38.0 Å². The lowest BCUT2D eigenvalue weighted by atomic mass is 10.1. The highest BCUT2D eigenvalue weighted by atomic mass is 32.2. The molecule has 0 aromatic heterocycles. The number of anilines is 1. The number of sulfonamides is 1. The SMILES string of the molecule is CC(C)CCN(CCC(=O)Nc1ccc(C(F)(F)F)cc1)S(C)(=O)=O. The van der Waals surface area contributed by atoms with Crippen LogP contribution in [0.15, 0.2) is 24.3 Å². The zero-order valence-corrected chi connectivity index (χ0v) is 15.2. The molecule has 9 heteroatoms. The molecule has 0 aliphatic carbocycles. The molecule has 0 radical (unpaired) electrons. The molecule has 1 N–H and O–H groups in total. The molecule has 0 fully saturated rings. The lowest BCUT2D eigenvalue weighted by Crippen LogP contribution is -2.34. The highest BCUT2D eigenvalue weighted by Crippen LogP contribution is 2.29. The Morgan fingerprint density at radius 3 is 2.16 bits per heavy atom. The van der Waals surface area contributed by atoms with E-state index >= 15 is 0 Å². The number of nitrogens with one attached hydrogen (secondary N) is 1. The Labute approximate surface area is 146 Å². The van der Waals surface area contributed by atoms with Crippen LogP contribution in [0.25, 0.3) is 0 Å². The Hall–Kier alpha value is -1.61. The predicted octanol–water partition coefficient (Wildman–Crippen LogP) is 3.34. The Morgan fingerprint density at radius 1 is 1.16 bits per heavy atom. The van der Waals surface area contributed by atoms with Crippen molar-refractivity contribution in [2.75, 3.05) is 24.7 Å². The molecule has 1 rings (SSSR count). The quantitative estimate of drug-likeness (QED) is 0.752. The van der Waals surface area contributed by atoms with Gasteiger partial charge in [-0.25, -0.2) is 12.7 Å². The second kappa shape index (κ2) is 8.66. The summed E-state index contributed by atoms with van der Waals surface area (Å²) in [5.41, 5.74) is -0.575. The number of alkyl halides is 3. The average molecular weight is 380 g/mol. The third-order valence-corrected chi connectivity index (χ3v) is 4.81. The third-order valence-electron chi connectivity index (χ3n) is 3.51. The fourth-order valence-corrected chi connectivity index (χ4v) is 2.90. The monoisotopic (exact) mass is 380 g/mol. The van der Waals surface area contributed by atoms with E-state index in [0.717, 1.165) is 30.5 Å². The number of hydrogen-bond acceptors (Lipinski definition) is 3. The maximum Gasteiger partial charge on any atom is 0.416 e. The average Bonchev–Trinajstić information content (AvgIpc) is 2.45. The van der Waals surface area contributed by atoms with Crippen molar-refractivity contribution in [2.24, 2.45) is 5.92 Å². The van der Waals surface area contributed by atoms with Crippen LogP contribution in [-0.2, 0) is 21.0 Å². The normalized spacial score (nSPS) is 12.6. The zero-order valence-electron chi connectivity index (χ0n) is 14.4. The Kier molecular flexibility index (Phi) is 7.43. The molecule has 142 valence electrons. The third kappa shape index (κ3) is 7.87. The molecule has 0 unspecified atom stereocenters. The van der Waals surface area contributed by atoms with Crippen molar-refractivity contribution in [1.82, 2.24) is 4.31 Å². The molecule has 0 heterocycles. The van der Waals surface area contributed by atoms with Crippen molar-refractivity contribution in [3.8, 4) is 0 Å². The van der Waals surface area contributed by atoms with Gasteiger partial charge in [-0.3, -0.25) is 4.79 Å². The van der Waals surface area contributed by atoms with Crippen molar-refractivity contribution in [3.05, 3.63) is 29.8 Å². The molecular weight excluding hydrogens is 357 g/mol. The zero-order chi connectivity index (χ0) is 19.3. The van der Waals surface area contributed by atoms with Crippen LogP contribution in [0.4, 0.5) is 18.9 Å². The molecule has 0 spiro atoms. The van der Waals surface area contributed by atoms with Crippen LogP contribution in [0.1, 0.15) is 32.3 Å². The largest absolute Gasteiger partial charge is 0.416 e. The molecule has 1 aromatic carbocycles. The van der Waals surface area contributed by atoms with Gasteiger partial charge in [0.15, 0.2) is 0 Å². The van der Waals surface area contributed by atoms with Gasteiger partial charge in [0, 0.05) is 25.2 Å². The number of benzene rings is 1. The molecule has 0 aliphatic heterocycles. The minimum Gasteiger partial charge on any atom is -0.326 e. The highest BCUT2D eigenvalue weighted by Gasteiger charge is 2.30. The van der Waals surface area contributed by atoms with E-state index in [1.807, 2.05) is 13.8 Å². The standard InChI is InChI=1S/C16H23F3N2O3S/c1-12(2)8-10-21(25(3,23)24)11-9-15(22)20-14-6-4-13(5-7-14)16(17,18)19/h4-7,12H,8-11H2,1-3H3,(H,20,22). The van der Waals surface area contributed by atoms with Gasteiger partial charge in [-0.1, -0.05) is 13.8 Å². The minimum absolute atomic E-state index is 0.0258. The first-order valence-corrected chi connectivity index (χ1v) is 9.66. The molecule has 1 aromatic rings. The number of rotatable bonds is 8. The van der Waals surface area contributed by atoms with E-state index in [4.69, 9.17) is 0 Å². The Balaban J connectivity index is 2.60. The molecule has 0 bridgehead atoms. The summed E-state index contributed by atoms with van der Waals surface area (Å²) in [5, 5.41) is 2.46. The first-order valence-electron chi connectivity index (χ1n) is 7.82. The van der Waals surface area contributed by atoms with Gasteiger partial charge in [0.25, 0.3) is 0 Å². The summed E-state index contributed by atoms with van der Waals surface area (Å²) in [6, 6.07) is 4.07. The molecule has 0 saturated carbocycles. The number of hydrogen-bond donors (Lipinski definition) is 1. The summed E-state index contributed by atoms with van der Waals surface area (Å²) < 4.78 is 62.2. The van der Waals surface area contributed by atoms with Gasteiger partial charge >= 0.3 is 6.18 Å². The minimum atomic E-state index is -4.44. The second-order valence-electron chi connectivity index (χ2n) is 6.22. The predicted molar refractivity (Wildman–Crippen MR) is 90.6 cm³/mol. The molecule has 0 saturated heterocycles. The maximum absolute atomic E-state index is 12.5. The molecular formula is C16H23F3N2O3S. The van der Waals surface area contributed by atoms with Crippen molar-refractivity contribution < 1.29 is 26.4 Å². The number of amides is 1. The lowest BCUT2D eigenvalue weighted by molar-refractivity contribution is -0.137. The number of carbonyl (C=O) groups excluding carboxylic acids is 1. The van der Waals surface area contributed by atoms with Gasteiger partial charge in [0.1, 0.15) is 0 Å². The Bertz CT molecular complexity index is 671. The van der Waals surface area contributed by atoms with Crippen molar-refractivity contribution in [3.63, 3.8) is 0 Å². The fraction of sp³-hybridized carbons (Fsp3) is 0.562. The smallest absolute Gasteiger partial charge is 0.326 e. The van der Waals surface area contributed by atoms with Gasteiger partial charge < -0.3 is 5.32 Å². The van der Waals surface area contributed by atoms with Crippen molar-refractivity contribution >= 4 is 21.6 Å². The van der Waals surface area contributed by atoms with Crippen LogP contribution in [0.5, 0.6) is 0 Å². The van der Waals surface area contributed by atoms with Crippen LogP contribution in [0.2, 0.25) is 0 Å². The molecule has 5 nitrogen and oxygen atoms in total. The topological polar surface area (TPSA) is 66.5 Å². The van der Waals surface area contributed by atoms with Crippen LogP contribution in [0, 0.1) is 5.92 Å². The lowest BCUT2D eigenvalue weighted by Gasteiger charge is -2.20. The van der Waals surface area contributed by atoms with Crippen LogP contribution < -0.4 is 5.32 Å². The van der Waals surface area contributed by atoms with Crippen molar-refractivity contribution in [1.29, 1.82) is 0 Å². The van der Waals surface area contributed by atoms with Gasteiger partial charge in [-0.2, -0.15) is 13.2 Å². The van der Waals surface area contributed by atoms with E-state index < -0.39 is 27.7 Å². The number of nitrogens with zero attached hydrogens (tertiary/aromatic N) is 1. The van der Waals surface area contributed by atoms with E-state index in [-0.39, 0.29) is 18.7 Å². The van der Waals surface area contributed by atoms with E-state index in [9.17, 15) is 26.4 Å². The van der Waals surface area contributed by atoms with Crippen LogP contribution >= 0.6 is 0 Å². The number of carbonyl (C=O) groups is 1. The molecule has 0 aliphatic rings. The van der Waals surface area contributed by atoms with Crippen molar-refractivity contribution in [2.45, 2.75) is 32.9 Å². The van der Waals surface area contributed by atoms with Gasteiger partial charge in [0.05, 0.1) is 11.8 Å². The molecule has 1 amide bonds. The molecule has 25 heavy (non-hydrogen) atoms. The first kappa shape index (κ1) is 21.4. The van der Waals surface area contributed by atoms with Gasteiger partial charge in [-0.15, -0.1) is 0 Å². The Morgan fingerprint density at radius 2 is 1.72 bits per heavy atom. The van der Waals surface area contributed by atoms with Gasteiger partial charge in [-0.05, 0) is 36.6 Å². The van der Waals surface area contributed by atoms with Crippen LogP contribution in [0.3, 0.4) is 0 Å². The van der Waals surface area contributed by atoms with E-state index in [1.165, 1.54) is 4.31 Å². The summed E-state index contributed by atoms with van der Waals surface area (Å²) in [7, 11) is -3.42. The summed E-state index contributed by atoms with van der Waals surface area (Å²) in [6.07, 6.45) is -2.75. The highest BCUT2D eigenvalue weighted by molar-refractivity contribution is 7.88. The number of halogens is 3.